The van der Waals surface area contributed by atoms with Gasteiger partial charge >= 0.3 is 0 Å². The number of nitrogens with zero attached hydrogens (tertiary/aromatic N) is 2. The van der Waals surface area contributed by atoms with E-state index in [1.807, 2.05) is 18.4 Å². The molecule has 0 saturated carbocycles. The first-order valence-electron chi connectivity index (χ1n) is 6.94. The van der Waals surface area contributed by atoms with Crippen LogP contribution in [0.3, 0.4) is 0 Å². The predicted molar refractivity (Wildman–Crippen MR) is 95.4 cm³/mol. The molecule has 2 rings (SSSR count). The van der Waals surface area contributed by atoms with Crippen LogP contribution in [0.15, 0.2) is 30.3 Å². The fraction of sp³-hybridized carbons (Fsp3) is 0.333. The van der Waals surface area contributed by atoms with Gasteiger partial charge in [0, 0.05) is 0 Å². The maximum absolute atomic E-state index is 11.6. The van der Waals surface area contributed by atoms with Crippen molar-refractivity contribution in [2.24, 2.45) is 0 Å². The Kier molecular flexibility index (Phi) is 5.89. The lowest BCUT2D eigenvalue weighted by Crippen LogP contribution is -2.13. The van der Waals surface area contributed by atoms with Crippen molar-refractivity contribution in [1.29, 1.82) is 0 Å². The number of hydrogen-bond acceptors (Lipinski definition) is 7. The number of thioether (sulfide) groups is 1. The lowest BCUT2D eigenvalue weighted by molar-refractivity contribution is 0.368. The summed E-state index contributed by atoms with van der Waals surface area (Å²) >= 11 is 1.48. The van der Waals surface area contributed by atoms with E-state index in [4.69, 9.17) is 9.47 Å². The number of anilines is 1. The largest absolute Gasteiger partial charge is 0.481 e. The molecule has 1 unspecified atom stereocenters. The maximum atomic E-state index is 11.6. The lowest BCUT2D eigenvalue weighted by Gasteiger charge is -2.18. The van der Waals surface area contributed by atoms with Crippen molar-refractivity contribution in [3.63, 3.8) is 0 Å². The SMILES string of the molecule is COc1cc(OC)nc(C(SC)c2ccccc2NS(C)(=O)=O)n1. The smallest absolute Gasteiger partial charge is 0.229 e. The van der Waals surface area contributed by atoms with E-state index >= 15 is 0 Å². The minimum atomic E-state index is -3.40. The van der Waals surface area contributed by atoms with E-state index < -0.39 is 10.0 Å². The Balaban J connectivity index is 2.53. The second-order valence-electron chi connectivity index (χ2n) is 4.89. The summed E-state index contributed by atoms with van der Waals surface area (Å²) in [6.07, 6.45) is 3.01. The van der Waals surface area contributed by atoms with E-state index in [2.05, 4.69) is 14.7 Å². The molecule has 1 atom stereocenters. The van der Waals surface area contributed by atoms with Gasteiger partial charge in [0.25, 0.3) is 0 Å². The highest BCUT2D eigenvalue weighted by Gasteiger charge is 2.22. The zero-order valence-corrected chi connectivity index (χ0v) is 15.4. The van der Waals surface area contributed by atoms with Crippen molar-refractivity contribution >= 4 is 27.5 Å². The second-order valence-corrected chi connectivity index (χ2v) is 7.58. The van der Waals surface area contributed by atoms with Crippen LogP contribution in [0.5, 0.6) is 11.8 Å². The zero-order chi connectivity index (χ0) is 17.7. The molecular weight excluding hydrogens is 350 g/mol. The van der Waals surface area contributed by atoms with E-state index in [1.165, 1.54) is 26.0 Å². The van der Waals surface area contributed by atoms with Gasteiger partial charge in [-0.15, -0.1) is 11.8 Å². The van der Waals surface area contributed by atoms with Gasteiger partial charge in [-0.1, -0.05) is 18.2 Å². The molecule has 2 aromatic rings. The average Bonchev–Trinajstić information content (AvgIpc) is 2.55. The summed E-state index contributed by atoms with van der Waals surface area (Å²) in [6.45, 7) is 0. The van der Waals surface area contributed by atoms with Crippen molar-refractivity contribution in [3.05, 3.63) is 41.7 Å². The molecule has 0 amide bonds. The van der Waals surface area contributed by atoms with Crippen LogP contribution in [-0.2, 0) is 10.0 Å². The van der Waals surface area contributed by atoms with E-state index in [1.54, 1.807) is 18.2 Å². The van der Waals surface area contributed by atoms with Gasteiger partial charge in [0.2, 0.25) is 21.8 Å². The van der Waals surface area contributed by atoms with E-state index in [-0.39, 0.29) is 5.25 Å². The molecule has 1 aromatic carbocycles. The summed E-state index contributed by atoms with van der Waals surface area (Å²) in [4.78, 5) is 8.75. The molecule has 9 heteroatoms. The Hall–Kier alpha value is -2.00. The Morgan fingerprint density at radius 1 is 1.12 bits per heavy atom. The highest BCUT2D eigenvalue weighted by Crippen LogP contribution is 2.37. The van der Waals surface area contributed by atoms with Crippen LogP contribution in [0, 0.1) is 0 Å². The van der Waals surface area contributed by atoms with Crippen LogP contribution in [0.25, 0.3) is 0 Å². The highest BCUT2D eigenvalue weighted by molar-refractivity contribution is 7.99. The van der Waals surface area contributed by atoms with E-state index in [0.29, 0.717) is 23.3 Å². The molecule has 0 aliphatic rings. The summed E-state index contributed by atoms with van der Waals surface area (Å²) in [7, 11) is -0.373. The fourth-order valence-corrected chi connectivity index (χ4v) is 3.50. The first kappa shape index (κ1) is 18.3. The Labute approximate surface area is 145 Å². The monoisotopic (exact) mass is 369 g/mol. The summed E-state index contributed by atoms with van der Waals surface area (Å²) in [5, 5.41) is -0.292. The standard InChI is InChI=1S/C15H19N3O4S2/c1-21-12-9-13(22-2)17-15(16-12)14(23-3)10-7-5-6-8-11(10)18-24(4,19)20/h5-9,14,18H,1-4H3. The van der Waals surface area contributed by atoms with Crippen molar-refractivity contribution in [2.75, 3.05) is 31.5 Å². The van der Waals surface area contributed by atoms with Crippen molar-refractivity contribution in [2.45, 2.75) is 5.25 Å². The number of hydrogen-bond donors (Lipinski definition) is 1. The first-order chi connectivity index (χ1) is 11.4. The minimum absolute atomic E-state index is 0.292. The zero-order valence-electron chi connectivity index (χ0n) is 13.8. The van der Waals surface area contributed by atoms with Crippen molar-refractivity contribution in [3.8, 4) is 11.8 Å². The van der Waals surface area contributed by atoms with Gasteiger partial charge in [0.1, 0.15) is 0 Å². The van der Waals surface area contributed by atoms with Gasteiger partial charge in [-0.25, -0.2) is 8.42 Å². The van der Waals surface area contributed by atoms with Crippen LogP contribution < -0.4 is 14.2 Å². The number of para-hydroxylation sites is 1. The molecular formula is C15H19N3O4S2. The van der Waals surface area contributed by atoms with Crippen molar-refractivity contribution < 1.29 is 17.9 Å². The molecule has 0 aliphatic carbocycles. The topological polar surface area (TPSA) is 90.4 Å². The number of nitrogens with one attached hydrogen (secondary N) is 1. The maximum Gasteiger partial charge on any atom is 0.229 e. The molecule has 0 aliphatic heterocycles. The van der Waals surface area contributed by atoms with Gasteiger partial charge < -0.3 is 9.47 Å². The van der Waals surface area contributed by atoms with E-state index in [9.17, 15) is 8.42 Å². The molecule has 1 N–H and O–H groups in total. The number of methoxy groups -OCH3 is 2. The molecule has 130 valence electrons. The average molecular weight is 369 g/mol. The van der Waals surface area contributed by atoms with Crippen LogP contribution in [-0.4, -0.2) is 45.1 Å². The number of sulfonamides is 1. The molecule has 0 bridgehead atoms. The molecule has 0 radical (unpaired) electrons. The number of ether oxygens (including phenoxy) is 2. The van der Waals surface area contributed by atoms with E-state index in [0.717, 1.165) is 11.8 Å². The molecule has 7 nitrogen and oxygen atoms in total. The van der Waals surface area contributed by atoms with Crippen LogP contribution in [0.2, 0.25) is 0 Å². The molecule has 0 fully saturated rings. The van der Waals surface area contributed by atoms with Gasteiger partial charge in [0.05, 0.1) is 37.5 Å². The fourth-order valence-electron chi connectivity index (χ4n) is 2.14. The lowest BCUT2D eigenvalue weighted by atomic mass is 10.1. The van der Waals surface area contributed by atoms with Crippen LogP contribution >= 0.6 is 11.8 Å². The van der Waals surface area contributed by atoms with Gasteiger partial charge in [-0.3, -0.25) is 4.72 Å². The summed E-state index contributed by atoms with van der Waals surface area (Å²) in [5.41, 5.74) is 1.25. The normalized spacial score (nSPS) is 12.5. The molecule has 0 saturated heterocycles. The number of benzene rings is 1. The van der Waals surface area contributed by atoms with Crippen LogP contribution in [0.4, 0.5) is 5.69 Å². The third kappa shape index (κ3) is 4.51. The summed E-state index contributed by atoms with van der Waals surface area (Å²) in [5.74, 6) is 1.23. The first-order valence-corrected chi connectivity index (χ1v) is 10.1. The Morgan fingerprint density at radius 2 is 1.71 bits per heavy atom. The third-order valence-electron chi connectivity index (χ3n) is 3.12. The number of rotatable bonds is 7. The van der Waals surface area contributed by atoms with Gasteiger partial charge in [-0.2, -0.15) is 9.97 Å². The van der Waals surface area contributed by atoms with Crippen molar-refractivity contribution in [1.82, 2.24) is 9.97 Å². The van der Waals surface area contributed by atoms with Gasteiger partial charge in [-0.05, 0) is 17.9 Å². The third-order valence-corrected chi connectivity index (χ3v) is 4.65. The summed E-state index contributed by atoms with van der Waals surface area (Å²) < 4.78 is 36.1. The Bertz CT molecular complexity index is 790. The molecule has 1 aromatic heterocycles. The molecule has 1 heterocycles. The van der Waals surface area contributed by atoms with Crippen LogP contribution in [0.1, 0.15) is 16.6 Å². The Morgan fingerprint density at radius 3 is 2.21 bits per heavy atom. The quantitative estimate of drug-likeness (QED) is 0.801. The number of aromatic nitrogens is 2. The second kappa shape index (κ2) is 7.71. The summed E-state index contributed by atoms with van der Waals surface area (Å²) in [6, 6.07) is 8.73. The van der Waals surface area contributed by atoms with Gasteiger partial charge in [0.15, 0.2) is 5.82 Å². The molecule has 24 heavy (non-hydrogen) atoms. The highest BCUT2D eigenvalue weighted by atomic mass is 32.2. The minimum Gasteiger partial charge on any atom is -0.481 e. The molecule has 0 spiro atoms. The predicted octanol–water partition coefficient (Wildman–Crippen LogP) is 2.32.